The van der Waals surface area contributed by atoms with Gasteiger partial charge in [-0.1, -0.05) is 0 Å². The van der Waals surface area contributed by atoms with E-state index in [1.165, 1.54) is 0 Å². The molecule has 0 aliphatic rings. The van der Waals surface area contributed by atoms with Crippen LogP contribution in [0.2, 0.25) is 0 Å². The van der Waals surface area contributed by atoms with Gasteiger partial charge in [-0.3, -0.25) is 10.1 Å². The van der Waals surface area contributed by atoms with Crippen LogP contribution in [0, 0.1) is 16.1 Å². The number of nitrogens with zero attached hydrogens (tertiary/aromatic N) is 1. The molecule has 0 spiro atoms. The third kappa shape index (κ3) is 20.5. The van der Waals surface area contributed by atoms with E-state index >= 15 is 0 Å². The van der Waals surface area contributed by atoms with Crippen LogP contribution < -0.4 is 10.5 Å². The van der Waals surface area contributed by atoms with Crippen molar-refractivity contribution < 1.29 is 23.1 Å². The average molecular weight is 364 g/mol. The molecule has 0 radical (unpaired) electrons. The molecule has 82 valence electrons. The third-order valence-corrected chi connectivity index (χ3v) is 0.862. The van der Waals surface area contributed by atoms with Crippen molar-refractivity contribution in [2.75, 3.05) is 0 Å². The number of rotatable bonds is 1. The zero-order valence-corrected chi connectivity index (χ0v) is 7.24. The molecule has 0 aromatic carbocycles. The Morgan fingerprint density at radius 3 is 2.00 bits per heavy atom. The number of nitrogens with two attached hydrogens (primary N) is 1. The van der Waals surface area contributed by atoms with Gasteiger partial charge in [0.1, 0.15) is 0 Å². The molecule has 0 bridgehead atoms. The van der Waals surface area contributed by atoms with E-state index in [2.05, 4.69) is 4.72 Å². The van der Waals surface area contributed by atoms with Gasteiger partial charge in [-0.05, 0) is 0 Å². The number of guanidine groups is 1. The van der Waals surface area contributed by atoms with Gasteiger partial charge in [-0.25, -0.2) is 4.79 Å². The van der Waals surface area contributed by atoms with E-state index < -0.39 is 12.1 Å². The Bertz CT molecular complexity index is 253. The number of carboxylic acid groups (broad SMARTS) is 1. The Morgan fingerprint density at radius 1 is 1.60 bits per heavy atom. The summed E-state index contributed by atoms with van der Waals surface area (Å²) in [7, 11) is 0. The van der Waals surface area contributed by atoms with Crippen LogP contribution in [-0.2, 0) is 4.79 Å². The van der Waals surface area contributed by atoms with E-state index in [0.717, 1.165) is 11.9 Å². The first-order valence-electron chi connectivity index (χ1n) is 2.67. The summed E-state index contributed by atoms with van der Waals surface area (Å²) in [6.07, 6.45) is -5.08. The molecular formula is C4H6CsF3N4O2S. The number of hydrogen-bond acceptors (Lipinski definition) is 4. The van der Waals surface area contributed by atoms with Crippen LogP contribution in [0.4, 0.5) is 13.2 Å². The molecule has 0 saturated carbocycles. The zero-order chi connectivity index (χ0) is 11.8. The van der Waals surface area contributed by atoms with E-state index in [-0.39, 0.29) is 74.9 Å². The third-order valence-electron chi connectivity index (χ3n) is 0.449. The number of hydrogen-bond donors (Lipinski definition) is 4. The predicted octanol–water partition coefficient (Wildman–Crippen LogP) is -0.416. The quantitative estimate of drug-likeness (QED) is 0.217. The van der Waals surface area contributed by atoms with Crippen molar-refractivity contribution in [2.45, 2.75) is 6.18 Å². The maximum atomic E-state index is 10.6. The van der Waals surface area contributed by atoms with Gasteiger partial charge in [0.25, 0.3) is 0 Å². The van der Waals surface area contributed by atoms with Crippen LogP contribution >= 0.6 is 11.9 Å². The van der Waals surface area contributed by atoms with Crippen LogP contribution in [-0.4, -0.2) is 92.1 Å². The molecule has 0 unspecified atom stereocenters. The normalized spacial score (nSPS) is 8.40. The SMILES string of the molecule is N#CSNC(=N)N.O=C(O)C(F)(F)F.[CsH]. The van der Waals surface area contributed by atoms with Crippen LogP contribution in [0.5, 0.6) is 0 Å². The first-order chi connectivity index (χ1) is 6.21. The van der Waals surface area contributed by atoms with Crippen LogP contribution in [0.25, 0.3) is 0 Å². The Labute approximate surface area is 146 Å². The summed E-state index contributed by atoms with van der Waals surface area (Å²) in [6, 6.07) is 0. The van der Waals surface area contributed by atoms with Gasteiger partial charge in [-0.2, -0.15) is 18.4 Å². The average Bonchev–Trinajstić information content (AvgIpc) is 2.00. The molecule has 5 N–H and O–H groups in total. The number of halogens is 3. The summed E-state index contributed by atoms with van der Waals surface area (Å²) >= 11 is 0.722. The fraction of sp³-hybridized carbons (Fsp3) is 0.250. The van der Waals surface area contributed by atoms with Crippen molar-refractivity contribution in [1.29, 1.82) is 10.7 Å². The summed E-state index contributed by atoms with van der Waals surface area (Å²) in [5.41, 5.74) is 4.78. The molecule has 11 heteroatoms. The number of carbonyl (C=O) groups is 1. The molecule has 0 saturated heterocycles. The van der Waals surface area contributed by atoms with Crippen molar-refractivity contribution in [3.63, 3.8) is 0 Å². The van der Waals surface area contributed by atoms with E-state index in [0.29, 0.717) is 0 Å². The molecule has 0 aromatic heterocycles. The monoisotopic (exact) mass is 364 g/mol. The number of aliphatic carboxylic acids is 1. The molecule has 0 amide bonds. The number of alkyl halides is 3. The predicted molar refractivity (Wildman–Crippen MR) is 49.1 cm³/mol. The molecule has 0 fully saturated rings. The van der Waals surface area contributed by atoms with Gasteiger partial charge in [0.2, 0.25) is 0 Å². The zero-order valence-electron chi connectivity index (χ0n) is 6.42. The van der Waals surface area contributed by atoms with E-state index in [1.54, 1.807) is 5.40 Å². The standard InChI is InChI=1S/C2HF3O2.C2H4N4S.Cs.H/c3-2(4,5)1(6)7;3-1-7-6-2(4)5;;/h(H,6,7);(H4,4,5,6);;. The van der Waals surface area contributed by atoms with Gasteiger partial charge < -0.3 is 10.8 Å². The van der Waals surface area contributed by atoms with Crippen LogP contribution in [0.3, 0.4) is 0 Å². The summed E-state index contributed by atoms with van der Waals surface area (Å²) < 4.78 is 33.9. The second-order valence-electron chi connectivity index (χ2n) is 1.51. The van der Waals surface area contributed by atoms with Crippen LogP contribution in [0.1, 0.15) is 0 Å². The molecule has 0 rings (SSSR count). The first-order valence-corrected chi connectivity index (χ1v) is 3.48. The van der Waals surface area contributed by atoms with Gasteiger partial charge in [0, 0.05) is 0 Å². The molecular weight excluding hydrogens is 358 g/mol. The fourth-order valence-electron chi connectivity index (χ4n) is 0.0778. The molecule has 0 heterocycles. The van der Waals surface area contributed by atoms with E-state index in [1.807, 2.05) is 0 Å². The van der Waals surface area contributed by atoms with Crippen molar-refractivity contribution in [1.82, 2.24) is 4.72 Å². The van der Waals surface area contributed by atoms with E-state index in [4.69, 9.17) is 26.3 Å². The van der Waals surface area contributed by atoms with Gasteiger partial charge >= 0.3 is 81.0 Å². The Hall–Kier alpha value is 0.422. The molecule has 0 aliphatic carbocycles. The molecule has 0 aromatic rings. The van der Waals surface area contributed by atoms with Gasteiger partial charge in [-0.15, -0.1) is 0 Å². The minimum atomic E-state index is -5.08. The van der Waals surface area contributed by atoms with Crippen molar-refractivity contribution in [3.8, 4) is 5.40 Å². The van der Waals surface area contributed by atoms with Crippen LogP contribution in [0.15, 0.2) is 0 Å². The molecule has 0 atom stereocenters. The van der Waals surface area contributed by atoms with Crippen molar-refractivity contribution >= 4 is 92.8 Å². The maximum absolute atomic E-state index is 10.6. The minimum absolute atomic E-state index is 0. The van der Waals surface area contributed by atoms with Crippen molar-refractivity contribution in [3.05, 3.63) is 0 Å². The topological polar surface area (TPSA) is 123 Å². The van der Waals surface area contributed by atoms with Gasteiger partial charge in [0.15, 0.2) is 11.4 Å². The van der Waals surface area contributed by atoms with Gasteiger partial charge in [0.05, 0.1) is 11.9 Å². The molecule has 0 aliphatic heterocycles. The summed E-state index contributed by atoms with van der Waals surface area (Å²) in [5, 5.41) is 23.1. The van der Waals surface area contributed by atoms with Crippen molar-refractivity contribution in [2.24, 2.45) is 5.73 Å². The Morgan fingerprint density at radius 2 is 1.93 bits per heavy atom. The summed E-state index contributed by atoms with van der Waals surface area (Å²) in [5.74, 6) is -2.96. The van der Waals surface area contributed by atoms with E-state index in [9.17, 15) is 13.2 Å². The Kier molecular flexibility index (Phi) is 15.1. The second-order valence-corrected chi connectivity index (χ2v) is 2.10. The fourth-order valence-corrected chi connectivity index (χ4v) is 0.233. The molecule has 6 nitrogen and oxygen atoms in total. The number of thiocyanates is 1. The second kappa shape index (κ2) is 10.9. The first kappa shape index (κ1) is 20.8. The molecule has 15 heavy (non-hydrogen) atoms. The summed E-state index contributed by atoms with van der Waals surface area (Å²) in [4.78, 5) is 8.90. The Balaban J connectivity index is -0.000000180. The number of nitriles is 1. The number of carboxylic acids is 1. The summed E-state index contributed by atoms with van der Waals surface area (Å²) in [6.45, 7) is 0. The number of nitrogens with one attached hydrogen (secondary N) is 2.